The molecule has 0 aliphatic carbocycles. The second-order valence-corrected chi connectivity index (χ2v) is 3.85. The Kier molecular flexibility index (Phi) is 4.11. The van der Waals surface area contributed by atoms with Crippen LogP contribution in [-0.4, -0.2) is 16.1 Å². The number of aliphatic hydroxyl groups is 1. The minimum atomic E-state index is -1.22. The third-order valence-electron chi connectivity index (χ3n) is 2.73. The first-order valence-electron chi connectivity index (χ1n) is 5.19. The van der Waals surface area contributed by atoms with Crippen LogP contribution >= 0.6 is 0 Å². The van der Waals surface area contributed by atoms with E-state index >= 15 is 0 Å². The standard InChI is InChI=1S/C11H13F2NO3/c1-3-10(15)6(2)8-4-7(12)5-9(13)11(8)14(16)17/h4-6,10,15H,3H2,1-2H3. The topological polar surface area (TPSA) is 63.4 Å². The average Bonchev–Trinajstić information content (AvgIpc) is 2.25. The van der Waals surface area contributed by atoms with Crippen molar-refractivity contribution >= 4 is 5.69 Å². The molecular weight excluding hydrogens is 232 g/mol. The molecule has 0 aliphatic heterocycles. The van der Waals surface area contributed by atoms with E-state index in [9.17, 15) is 24.0 Å². The third kappa shape index (κ3) is 2.76. The van der Waals surface area contributed by atoms with Crippen molar-refractivity contribution in [2.45, 2.75) is 32.3 Å². The fraction of sp³-hybridized carbons (Fsp3) is 0.455. The lowest BCUT2D eigenvalue weighted by Crippen LogP contribution is -2.16. The molecule has 1 aromatic carbocycles. The molecule has 0 aliphatic rings. The first-order valence-corrected chi connectivity index (χ1v) is 5.19. The van der Waals surface area contributed by atoms with Gasteiger partial charge in [-0.2, -0.15) is 4.39 Å². The molecule has 0 spiro atoms. The number of nitro groups is 1. The van der Waals surface area contributed by atoms with E-state index in [1.807, 2.05) is 0 Å². The molecule has 6 heteroatoms. The van der Waals surface area contributed by atoms with E-state index in [-0.39, 0.29) is 5.56 Å². The molecule has 4 nitrogen and oxygen atoms in total. The third-order valence-corrected chi connectivity index (χ3v) is 2.73. The fourth-order valence-corrected chi connectivity index (χ4v) is 1.69. The number of aliphatic hydroxyl groups excluding tert-OH is 1. The summed E-state index contributed by atoms with van der Waals surface area (Å²) >= 11 is 0. The molecule has 0 amide bonds. The monoisotopic (exact) mass is 245 g/mol. The van der Waals surface area contributed by atoms with Crippen LogP contribution in [0.25, 0.3) is 0 Å². The van der Waals surface area contributed by atoms with Crippen LogP contribution in [0.2, 0.25) is 0 Å². The maximum Gasteiger partial charge on any atom is 0.308 e. The second kappa shape index (κ2) is 5.18. The van der Waals surface area contributed by atoms with Crippen LogP contribution in [0.4, 0.5) is 14.5 Å². The molecule has 0 saturated heterocycles. The van der Waals surface area contributed by atoms with Gasteiger partial charge >= 0.3 is 5.69 Å². The van der Waals surface area contributed by atoms with E-state index in [2.05, 4.69) is 0 Å². The normalized spacial score (nSPS) is 14.4. The first-order chi connectivity index (χ1) is 7.88. The molecule has 0 heterocycles. The summed E-state index contributed by atoms with van der Waals surface area (Å²) in [6.07, 6.45) is -0.536. The molecule has 17 heavy (non-hydrogen) atoms. The Hall–Kier alpha value is -1.56. The number of hydrogen-bond donors (Lipinski definition) is 1. The van der Waals surface area contributed by atoms with Gasteiger partial charge in [0, 0.05) is 17.5 Å². The number of halogens is 2. The van der Waals surface area contributed by atoms with Crippen molar-refractivity contribution < 1.29 is 18.8 Å². The highest BCUT2D eigenvalue weighted by molar-refractivity contribution is 5.44. The zero-order chi connectivity index (χ0) is 13.2. The van der Waals surface area contributed by atoms with Gasteiger partial charge in [0.25, 0.3) is 0 Å². The van der Waals surface area contributed by atoms with Crippen molar-refractivity contribution in [3.8, 4) is 0 Å². The second-order valence-electron chi connectivity index (χ2n) is 3.85. The summed E-state index contributed by atoms with van der Waals surface area (Å²) < 4.78 is 26.4. The lowest BCUT2D eigenvalue weighted by atomic mass is 9.92. The summed E-state index contributed by atoms with van der Waals surface area (Å²) in [7, 11) is 0. The maximum atomic E-state index is 13.3. The molecule has 2 atom stereocenters. The summed E-state index contributed by atoms with van der Waals surface area (Å²) in [6, 6.07) is 1.36. The Balaban J connectivity index is 3.35. The van der Waals surface area contributed by atoms with Gasteiger partial charge in [0.05, 0.1) is 11.0 Å². The lowest BCUT2D eigenvalue weighted by Gasteiger charge is -2.17. The highest BCUT2D eigenvalue weighted by Gasteiger charge is 2.28. The van der Waals surface area contributed by atoms with Gasteiger partial charge in [-0.15, -0.1) is 0 Å². The minimum absolute atomic E-state index is 0.123. The van der Waals surface area contributed by atoms with Gasteiger partial charge in [-0.3, -0.25) is 10.1 Å². The van der Waals surface area contributed by atoms with Crippen LogP contribution in [0.1, 0.15) is 31.7 Å². The molecule has 1 rings (SSSR count). The Morgan fingerprint density at radius 1 is 1.47 bits per heavy atom. The summed E-state index contributed by atoms with van der Waals surface area (Å²) in [6.45, 7) is 3.18. The summed E-state index contributed by atoms with van der Waals surface area (Å²) in [5.74, 6) is -2.82. The van der Waals surface area contributed by atoms with Gasteiger partial charge in [0.1, 0.15) is 5.82 Å². The van der Waals surface area contributed by atoms with Gasteiger partial charge in [0.15, 0.2) is 0 Å². The highest BCUT2D eigenvalue weighted by Crippen LogP contribution is 2.32. The van der Waals surface area contributed by atoms with Crippen molar-refractivity contribution in [2.24, 2.45) is 0 Å². The van der Waals surface area contributed by atoms with Crippen LogP contribution in [-0.2, 0) is 0 Å². The van der Waals surface area contributed by atoms with Crippen LogP contribution < -0.4 is 0 Å². The number of nitrogens with zero attached hydrogens (tertiary/aromatic N) is 1. The fourth-order valence-electron chi connectivity index (χ4n) is 1.69. The van der Waals surface area contributed by atoms with Crippen molar-refractivity contribution in [2.75, 3.05) is 0 Å². The predicted molar refractivity (Wildman–Crippen MR) is 57.7 cm³/mol. The van der Waals surface area contributed by atoms with Crippen molar-refractivity contribution in [1.82, 2.24) is 0 Å². The SMILES string of the molecule is CCC(O)C(C)c1cc(F)cc(F)c1[N+](=O)[O-]. The minimum Gasteiger partial charge on any atom is -0.393 e. The van der Waals surface area contributed by atoms with E-state index in [0.717, 1.165) is 6.07 Å². The van der Waals surface area contributed by atoms with Crippen molar-refractivity contribution in [1.29, 1.82) is 0 Å². The van der Waals surface area contributed by atoms with Gasteiger partial charge in [-0.05, 0) is 12.5 Å². The van der Waals surface area contributed by atoms with E-state index in [1.165, 1.54) is 6.92 Å². The smallest absolute Gasteiger partial charge is 0.308 e. The van der Waals surface area contributed by atoms with E-state index in [4.69, 9.17) is 0 Å². The molecular formula is C11H13F2NO3. The molecule has 0 saturated carbocycles. The Morgan fingerprint density at radius 3 is 2.53 bits per heavy atom. The Labute approximate surface area is 97.0 Å². The molecule has 0 fully saturated rings. The summed E-state index contributed by atoms with van der Waals surface area (Å²) in [5, 5.41) is 20.3. The van der Waals surface area contributed by atoms with E-state index < -0.39 is 34.3 Å². The first kappa shape index (κ1) is 13.5. The molecule has 0 radical (unpaired) electrons. The average molecular weight is 245 g/mol. The predicted octanol–water partition coefficient (Wildman–Crippen LogP) is 2.75. The zero-order valence-corrected chi connectivity index (χ0v) is 9.48. The van der Waals surface area contributed by atoms with E-state index in [1.54, 1.807) is 6.92 Å². The molecule has 1 aromatic rings. The van der Waals surface area contributed by atoms with Crippen LogP contribution in [0.5, 0.6) is 0 Å². The molecule has 0 bridgehead atoms. The Bertz CT molecular complexity index is 437. The lowest BCUT2D eigenvalue weighted by molar-refractivity contribution is -0.388. The summed E-state index contributed by atoms with van der Waals surface area (Å²) in [4.78, 5) is 9.83. The number of hydrogen-bond acceptors (Lipinski definition) is 3. The zero-order valence-electron chi connectivity index (χ0n) is 9.48. The molecule has 1 N–H and O–H groups in total. The van der Waals surface area contributed by atoms with Gasteiger partial charge in [0.2, 0.25) is 5.82 Å². The molecule has 0 aromatic heterocycles. The Morgan fingerprint density at radius 2 is 2.06 bits per heavy atom. The van der Waals surface area contributed by atoms with Gasteiger partial charge in [-0.1, -0.05) is 13.8 Å². The van der Waals surface area contributed by atoms with Crippen molar-refractivity contribution in [3.63, 3.8) is 0 Å². The van der Waals surface area contributed by atoms with E-state index in [0.29, 0.717) is 12.5 Å². The maximum absolute atomic E-state index is 13.3. The van der Waals surface area contributed by atoms with Crippen molar-refractivity contribution in [3.05, 3.63) is 39.4 Å². The molecule has 2 unspecified atom stereocenters. The molecule has 94 valence electrons. The van der Waals surface area contributed by atoms with Crippen LogP contribution in [0, 0.1) is 21.7 Å². The summed E-state index contributed by atoms with van der Waals surface area (Å²) in [5.41, 5.74) is -0.895. The highest BCUT2D eigenvalue weighted by atomic mass is 19.1. The van der Waals surface area contributed by atoms with Gasteiger partial charge < -0.3 is 5.11 Å². The largest absolute Gasteiger partial charge is 0.393 e. The number of benzene rings is 1. The number of nitro benzene ring substituents is 1. The van der Waals surface area contributed by atoms with Gasteiger partial charge in [-0.25, -0.2) is 4.39 Å². The quantitative estimate of drug-likeness (QED) is 0.655. The van der Waals surface area contributed by atoms with Crippen LogP contribution in [0.15, 0.2) is 12.1 Å². The van der Waals surface area contributed by atoms with Crippen LogP contribution in [0.3, 0.4) is 0 Å². The number of rotatable bonds is 4.